The van der Waals surface area contributed by atoms with Crippen LogP contribution < -0.4 is 10.1 Å². The Hall–Kier alpha value is -1.88. The molecule has 0 radical (unpaired) electrons. The van der Waals surface area contributed by atoms with Gasteiger partial charge in [0.05, 0.1) is 5.69 Å². The predicted octanol–water partition coefficient (Wildman–Crippen LogP) is 2.19. The highest BCUT2D eigenvalue weighted by atomic mass is 16.5. The number of aromatic amines is 1. The number of hydrogen-bond donors (Lipinski definition) is 2. The van der Waals surface area contributed by atoms with Crippen LogP contribution in [0.5, 0.6) is 5.88 Å². The summed E-state index contributed by atoms with van der Waals surface area (Å²) in [5.41, 5.74) is 3.06. The molecule has 19 heavy (non-hydrogen) atoms. The molecule has 2 aromatic heterocycles. The zero-order valence-electron chi connectivity index (χ0n) is 11.6. The predicted molar refractivity (Wildman–Crippen MR) is 73.9 cm³/mol. The third kappa shape index (κ3) is 4.37. The lowest BCUT2D eigenvalue weighted by Gasteiger charge is -2.08. The summed E-state index contributed by atoms with van der Waals surface area (Å²) < 4.78 is 5.53. The fourth-order valence-corrected chi connectivity index (χ4v) is 1.58. The Labute approximate surface area is 113 Å². The lowest BCUT2D eigenvalue weighted by atomic mass is 10.2. The van der Waals surface area contributed by atoms with Crippen LogP contribution in [0.2, 0.25) is 0 Å². The third-order valence-electron chi connectivity index (χ3n) is 2.65. The first-order chi connectivity index (χ1) is 9.13. The first kappa shape index (κ1) is 13.5. The lowest BCUT2D eigenvalue weighted by Crippen LogP contribution is -2.21. The van der Waals surface area contributed by atoms with Crippen LogP contribution in [0.3, 0.4) is 0 Å². The Morgan fingerprint density at radius 3 is 2.79 bits per heavy atom. The number of nitrogens with one attached hydrogen (secondary N) is 2. The number of hydrogen-bond acceptors (Lipinski definition) is 4. The van der Waals surface area contributed by atoms with Crippen molar-refractivity contribution in [2.45, 2.75) is 40.0 Å². The van der Waals surface area contributed by atoms with Gasteiger partial charge in [-0.1, -0.05) is 19.9 Å². The van der Waals surface area contributed by atoms with E-state index in [2.05, 4.69) is 40.4 Å². The van der Waals surface area contributed by atoms with Gasteiger partial charge in [-0.3, -0.25) is 10.1 Å². The number of aromatic nitrogens is 3. The van der Waals surface area contributed by atoms with E-state index in [1.807, 2.05) is 25.3 Å². The molecule has 2 aromatic rings. The molecule has 0 bridgehead atoms. The van der Waals surface area contributed by atoms with E-state index in [9.17, 15) is 0 Å². The Kier molecular flexibility index (Phi) is 4.52. The molecule has 5 heteroatoms. The maximum Gasteiger partial charge on any atom is 0.233 e. The number of nitrogens with zero attached hydrogens (tertiary/aromatic N) is 2. The van der Waals surface area contributed by atoms with Gasteiger partial charge in [0.15, 0.2) is 0 Å². The van der Waals surface area contributed by atoms with Gasteiger partial charge < -0.3 is 10.1 Å². The van der Waals surface area contributed by atoms with Crippen molar-refractivity contribution < 1.29 is 4.74 Å². The van der Waals surface area contributed by atoms with E-state index in [-0.39, 0.29) is 0 Å². The topological polar surface area (TPSA) is 62.8 Å². The first-order valence-corrected chi connectivity index (χ1v) is 6.45. The van der Waals surface area contributed by atoms with E-state index in [4.69, 9.17) is 4.74 Å². The normalized spacial score (nSPS) is 10.9. The van der Waals surface area contributed by atoms with Crippen molar-refractivity contribution in [3.05, 3.63) is 41.3 Å². The second-order valence-electron chi connectivity index (χ2n) is 4.87. The van der Waals surface area contributed by atoms with Crippen molar-refractivity contribution in [1.82, 2.24) is 20.5 Å². The molecule has 0 aliphatic heterocycles. The molecule has 0 saturated carbocycles. The summed E-state index contributed by atoms with van der Waals surface area (Å²) in [6, 6.07) is 6.39. The van der Waals surface area contributed by atoms with E-state index >= 15 is 0 Å². The van der Waals surface area contributed by atoms with Crippen LogP contribution in [-0.2, 0) is 13.2 Å². The van der Waals surface area contributed by atoms with Gasteiger partial charge in [0.25, 0.3) is 0 Å². The molecule has 0 amide bonds. The van der Waals surface area contributed by atoms with Crippen LogP contribution in [0.25, 0.3) is 0 Å². The summed E-state index contributed by atoms with van der Waals surface area (Å²) in [7, 11) is 0. The minimum absolute atomic E-state index is 0.433. The van der Waals surface area contributed by atoms with Crippen LogP contribution >= 0.6 is 0 Å². The van der Waals surface area contributed by atoms with Gasteiger partial charge in [0.1, 0.15) is 6.61 Å². The molecule has 0 fully saturated rings. The summed E-state index contributed by atoms with van der Waals surface area (Å²) in [6.45, 7) is 7.46. The Balaban J connectivity index is 1.84. The molecule has 0 saturated heterocycles. The maximum absolute atomic E-state index is 5.53. The van der Waals surface area contributed by atoms with Crippen molar-refractivity contribution in [2.24, 2.45) is 0 Å². The van der Waals surface area contributed by atoms with E-state index in [1.165, 1.54) is 5.56 Å². The Bertz CT molecular complexity index is 504. The molecule has 2 heterocycles. The largest absolute Gasteiger partial charge is 0.470 e. The van der Waals surface area contributed by atoms with Crippen molar-refractivity contribution in [1.29, 1.82) is 0 Å². The van der Waals surface area contributed by atoms with Crippen molar-refractivity contribution in [3.8, 4) is 5.88 Å². The van der Waals surface area contributed by atoms with Crippen LogP contribution in [-0.4, -0.2) is 21.2 Å². The third-order valence-corrected chi connectivity index (χ3v) is 2.65. The molecule has 0 aliphatic carbocycles. The average Bonchev–Trinajstić information content (AvgIpc) is 2.81. The van der Waals surface area contributed by atoms with Gasteiger partial charge in [0, 0.05) is 30.5 Å². The van der Waals surface area contributed by atoms with Gasteiger partial charge in [-0.25, -0.2) is 0 Å². The second-order valence-corrected chi connectivity index (χ2v) is 4.87. The maximum atomic E-state index is 5.53. The molecule has 0 unspecified atom stereocenters. The Morgan fingerprint density at radius 1 is 1.37 bits per heavy atom. The van der Waals surface area contributed by atoms with Crippen molar-refractivity contribution in [2.75, 3.05) is 0 Å². The van der Waals surface area contributed by atoms with Crippen LogP contribution in [0, 0.1) is 6.92 Å². The highest BCUT2D eigenvalue weighted by Crippen LogP contribution is 2.09. The van der Waals surface area contributed by atoms with E-state index in [1.54, 1.807) is 0 Å². The highest BCUT2D eigenvalue weighted by Gasteiger charge is 2.01. The quantitative estimate of drug-likeness (QED) is 0.835. The van der Waals surface area contributed by atoms with E-state index < -0.39 is 0 Å². The molecule has 0 atom stereocenters. The SMILES string of the molecule is Cc1cc(OCc2ccc(CNC(C)C)cn2)n[nH]1. The standard InChI is InChI=1S/C14H20N4O/c1-10(2)15-7-12-4-5-13(16-8-12)9-19-14-6-11(3)17-18-14/h4-6,8,10,15H,7,9H2,1-3H3,(H,17,18). The lowest BCUT2D eigenvalue weighted by molar-refractivity contribution is 0.289. The minimum Gasteiger partial charge on any atom is -0.470 e. The second kappa shape index (κ2) is 6.33. The fraction of sp³-hybridized carbons (Fsp3) is 0.429. The van der Waals surface area contributed by atoms with Crippen molar-refractivity contribution in [3.63, 3.8) is 0 Å². The number of pyridine rings is 1. The zero-order chi connectivity index (χ0) is 13.7. The average molecular weight is 260 g/mol. The number of ether oxygens (including phenoxy) is 1. The molecule has 0 aliphatic rings. The van der Waals surface area contributed by atoms with Gasteiger partial charge >= 0.3 is 0 Å². The number of H-pyrrole nitrogens is 1. The number of aryl methyl sites for hydroxylation is 1. The number of rotatable bonds is 6. The van der Waals surface area contributed by atoms with Gasteiger partial charge in [-0.2, -0.15) is 0 Å². The molecule has 2 rings (SSSR count). The van der Waals surface area contributed by atoms with Crippen LogP contribution in [0.15, 0.2) is 24.4 Å². The first-order valence-electron chi connectivity index (χ1n) is 6.45. The fourth-order valence-electron chi connectivity index (χ4n) is 1.58. The summed E-state index contributed by atoms with van der Waals surface area (Å²) in [5, 5.41) is 10.2. The zero-order valence-corrected chi connectivity index (χ0v) is 11.6. The minimum atomic E-state index is 0.433. The van der Waals surface area contributed by atoms with Crippen LogP contribution in [0.1, 0.15) is 30.8 Å². The molecule has 2 N–H and O–H groups in total. The highest BCUT2D eigenvalue weighted by molar-refractivity contribution is 5.15. The van der Waals surface area contributed by atoms with Gasteiger partial charge in [0.2, 0.25) is 5.88 Å². The molecule has 102 valence electrons. The summed E-state index contributed by atoms with van der Waals surface area (Å²) >= 11 is 0. The molecule has 5 nitrogen and oxygen atoms in total. The molecule has 0 aromatic carbocycles. The van der Waals surface area contributed by atoms with Crippen molar-refractivity contribution >= 4 is 0 Å². The van der Waals surface area contributed by atoms with Gasteiger partial charge in [-0.05, 0) is 18.6 Å². The molecule has 0 spiro atoms. The monoisotopic (exact) mass is 260 g/mol. The summed E-state index contributed by atoms with van der Waals surface area (Å²) in [4.78, 5) is 4.38. The van der Waals surface area contributed by atoms with Gasteiger partial charge in [-0.15, -0.1) is 5.10 Å². The Morgan fingerprint density at radius 2 is 2.21 bits per heavy atom. The van der Waals surface area contributed by atoms with E-state index in [0.29, 0.717) is 18.5 Å². The summed E-state index contributed by atoms with van der Waals surface area (Å²) in [5.74, 6) is 0.602. The summed E-state index contributed by atoms with van der Waals surface area (Å²) in [6.07, 6.45) is 1.88. The molecular formula is C14H20N4O. The molecular weight excluding hydrogens is 240 g/mol. The smallest absolute Gasteiger partial charge is 0.233 e. The van der Waals surface area contributed by atoms with E-state index in [0.717, 1.165) is 17.9 Å². The van der Waals surface area contributed by atoms with Crippen LogP contribution in [0.4, 0.5) is 0 Å².